The number of ether oxygens (including phenoxy) is 1. The number of carbonyl (C=O) groups is 1. The normalized spacial score (nSPS) is 10.6. The summed E-state index contributed by atoms with van der Waals surface area (Å²) in [5, 5.41) is 4.31. The summed E-state index contributed by atoms with van der Waals surface area (Å²) in [6.45, 7) is 4.26. The highest BCUT2D eigenvalue weighted by Crippen LogP contribution is 2.20. The number of halogens is 2. The van der Waals surface area contributed by atoms with E-state index in [9.17, 15) is 9.18 Å². The summed E-state index contributed by atoms with van der Waals surface area (Å²) < 4.78 is 20.5. The Hall–Kier alpha value is -1.69. The molecule has 0 bridgehead atoms. The minimum absolute atomic E-state index is 0.200. The molecule has 106 valence electrons. The molecule has 0 radical (unpaired) electrons. The van der Waals surface area contributed by atoms with Crippen molar-refractivity contribution in [3.8, 4) is 5.75 Å². The van der Waals surface area contributed by atoms with Gasteiger partial charge in [0.15, 0.2) is 0 Å². The Balaban J connectivity index is 1.92. The van der Waals surface area contributed by atoms with Crippen LogP contribution in [0.15, 0.2) is 28.7 Å². The number of nitrogens with zero attached hydrogens (tertiary/aromatic N) is 2. The van der Waals surface area contributed by atoms with Crippen molar-refractivity contribution >= 4 is 21.9 Å². The van der Waals surface area contributed by atoms with Gasteiger partial charge in [-0.15, -0.1) is 0 Å². The molecule has 4 nitrogen and oxygen atoms in total. The van der Waals surface area contributed by atoms with Gasteiger partial charge in [0, 0.05) is 5.69 Å². The van der Waals surface area contributed by atoms with Crippen LogP contribution in [0.25, 0.3) is 0 Å². The van der Waals surface area contributed by atoms with E-state index in [1.54, 1.807) is 4.68 Å². The van der Waals surface area contributed by atoms with Crippen molar-refractivity contribution in [2.24, 2.45) is 0 Å². The smallest absolute Gasteiger partial charge is 0.313 e. The molecule has 0 aliphatic heterocycles. The number of carbonyl (C=O) groups excluding carboxylic acids is 1. The maximum absolute atomic E-state index is 12.7. The summed E-state index contributed by atoms with van der Waals surface area (Å²) in [5.41, 5.74) is 1.85. The van der Waals surface area contributed by atoms with Crippen molar-refractivity contribution in [2.75, 3.05) is 0 Å². The lowest BCUT2D eigenvalue weighted by Crippen LogP contribution is -2.13. The number of aryl methyl sites for hydroxylation is 2. The fraction of sp³-hybridized carbons (Fsp3) is 0.286. The van der Waals surface area contributed by atoms with Gasteiger partial charge in [-0.3, -0.25) is 9.48 Å². The number of benzene rings is 1. The topological polar surface area (TPSA) is 44.1 Å². The van der Waals surface area contributed by atoms with Crippen molar-refractivity contribution in [3.05, 3.63) is 45.9 Å². The van der Waals surface area contributed by atoms with Crippen LogP contribution in [0.5, 0.6) is 5.75 Å². The second kappa shape index (κ2) is 6.17. The number of hydrogen-bond donors (Lipinski definition) is 0. The highest BCUT2D eigenvalue weighted by Gasteiger charge is 2.11. The molecule has 1 heterocycles. The molecule has 0 aliphatic rings. The number of hydrogen-bond acceptors (Lipinski definition) is 3. The van der Waals surface area contributed by atoms with Gasteiger partial charge in [0.25, 0.3) is 0 Å². The maximum Gasteiger partial charge on any atom is 0.313 e. The predicted octanol–water partition coefficient (Wildman–Crippen LogP) is 3.40. The molecule has 0 aliphatic carbocycles. The maximum atomic E-state index is 12.7. The zero-order valence-corrected chi connectivity index (χ0v) is 12.8. The molecule has 0 atom stereocenters. The molecule has 2 aromatic rings. The summed E-state index contributed by atoms with van der Waals surface area (Å²) >= 11 is 3.43. The first-order chi connectivity index (χ1) is 9.47. The molecule has 0 spiro atoms. The van der Waals surface area contributed by atoms with Crippen LogP contribution in [0.3, 0.4) is 0 Å². The number of aromatic nitrogens is 2. The first kappa shape index (κ1) is 14.7. The molecule has 2 rings (SSSR count). The number of esters is 1. The van der Waals surface area contributed by atoms with E-state index in [1.807, 2.05) is 13.8 Å². The molecule has 0 saturated carbocycles. The lowest BCUT2D eigenvalue weighted by molar-refractivity contribution is -0.134. The molecule has 0 fully saturated rings. The number of rotatable bonds is 4. The summed E-state index contributed by atoms with van der Waals surface area (Å²) in [5.74, 6) is -0.400. The van der Waals surface area contributed by atoms with Gasteiger partial charge in [0.05, 0.1) is 23.1 Å². The van der Waals surface area contributed by atoms with Crippen LogP contribution in [0.4, 0.5) is 4.39 Å². The Morgan fingerprint density at radius 3 is 2.55 bits per heavy atom. The Labute approximate surface area is 124 Å². The highest BCUT2D eigenvalue weighted by molar-refractivity contribution is 9.10. The zero-order chi connectivity index (χ0) is 14.7. The molecular weight excluding hydrogens is 327 g/mol. The first-order valence-corrected chi connectivity index (χ1v) is 6.92. The van der Waals surface area contributed by atoms with Gasteiger partial charge in [-0.2, -0.15) is 5.10 Å². The van der Waals surface area contributed by atoms with Crippen molar-refractivity contribution in [3.63, 3.8) is 0 Å². The SMILES string of the molecule is Cc1nn(CCC(=O)Oc2ccc(F)cc2)c(C)c1Br. The van der Waals surface area contributed by atoms with Crippen molar-refractivity contribution in [1.29, 1.82) is 0 Å². The quantitative estimate of drug-likeness (QED) is 0.632. The molecule has 20 heavy (non-hydrogen) atoms. The third-order valence-corrected chi connectivity index (χ3v) is 4.01. The zero-order valence-electron chi connectivity index (χ0n) is 11.2. The third kappa shape index (κ3) is 3.45. The van der Waals surface area contributed by atoms with Crippen molar-refractivity contribution in [2.45, 2.75) is 26.8 Å². The van der Waals surface area contributed by atoms with E-state index in [0.717, 1.165) is 15.9 Å². The van der Waals surface area contributed by atoms with Gasteiger partial charge in [-0.05, 0) is 54.0 Å². The second-order valence-electron chi connectivity index (χ2n) is 4.39. The Morgan fingerprint density at radius 1 is 1.35 bits per heavy atom. The average Bonchev–Trinajstić information content (AvgIpc) is 2.66. The van der Waals surface area contributed by atoms with E-state index < -0.39 is 0 Å². The van der Waals surface area contributed by atoms with Gasteiger partial charge < -0.3 is 4.74 Å². The van der Waals surface area contributed by atoms with E-state index in [1.165, 1.54) is 24.3 Å². The fourth-order valence-corrected chi connectivity index (χ4v) is 2.06. The highest BCUT2D eigenvalue weighted by atomic mass is 79.9. The minimum Gasteiger partial charge on any atom is -0.426 e. The fourth-order valence-electron chi connectivity index (χ4n) is 1.78. The Morgan fingerprint density at radius 2 is 2.00 bits per heavy atom. The van der Waals surface area contributed by atoms with Gasteiger partial charge in [0.1, 0.15) is 11.6 Å². The lowest BCUT2D eigenvalue weighted by atomic mass is 10.3. The minimum atomic E-state index is -0.375. The van der Waals surface area contributed by atoms with E-state index in [0.29, 0.717) is 12.3 Å². The Kier molecular flexibility index (Phi) is 4.54. The van der Waals surface area contributed by atoms with Crippen molar-refractivity contribution in [1.82, 2.24) is 9.78 Å². The molecule has 0 saturated heterocycles. The molecular formula is C14H14BrFN2O2. The first-order valence-electron chi connectivity index (χ1n) is 6.13. The van der Waals surface area contributed by atoms with Crippen LogP contribution < -0.4 is 4.74 Å². The van der Waals surface area contributed by atoms with E-state index >= 15 is 0 Å². The van der Waals surface area contributed by atoms with Crippen molar-refractivity contribution < 1.29 is 13.9 Å². The summed E-state index contributed by atoms with van der Waals surface area (Å²) in [4.78, 5) is 11.7. The molecule has 6 heteroatoms. The monoisotopic (exact) mass is 340 g/mol. The van der Waals surface area contributed by atoms with Gasteiger partial charge >= 0.3 is 5.97 Å². The van der Waals surface area contributed by atoms with E-state index in [2.05, 4.69) is 21.0 Å². The predicted molar refractivity (Wildman–Crippen MR) is 76.1 cm³/mol. The van der Waals surface area contributed by atoms with E-state index in [4.69, 9.17) is 4.74 Å². The van der Waals surface area contributed by atoms with Crippen LogP contribution in [0, 0.1) is 19.7 Å². The molecule has 0 N–H and O–H groups in total. The molecule has 0 amide bonds. The lowest BCUT2D eigenvalue weighted by Gasteiger charge is -2.06. The summed E-state index contributed by atoms with van der Waals surface area (Å²) in [6, 6.07) is 5.35. The summed E-state index contributed by atoms with van der Waals surface area (Å²) in [7, 11) is 0. The van der Waals surface area contributed by atoms with Crippen LogP contribution in [-0.4, -0.2) is 15.7 Å². The standard InChI is InChI=1S/C14H14BrFN2O2/c1-9-14(15)10(2)18(17-9)8-7-13(19)20-12-5-3-11(16)4-6-12/h3-6H,7-8H2,1-2H3. The van der Waals surface area contributed by atoms with Crippen LogP contribution in [-0.2, 0) is 11.3 Å². The van der Waals surface area contributed by atoms with Crippen LogP contribution in [0.2, 0.25) is 0 Å². The van der Waals surface area contributed by atoms with E-state index in [-0.39, 0.29) is 18.2 Å². The molecule has 1 aromatic heterocycles. The van der Waals surface area contributed by atoms with Gasteiger partial charge in [-0.1, -0.05) is 0 Å². The second-order valence-corrected chi connectivity index (χ2v) is 5.18. The molecule has 0 unspecified atom stereocenters. The van der Waals surface area contributed by atoms with Gasteiger partial charge in [0.2, 0.25) is 0 Å². The van der Waals surface area contributed by atoms with Crippen LogP contribution >= 0.6 is 15.9 Å². The summed E-state index contributed by atoms with van der Waals surface area (Å²) in [6.07, 6.45) is 0.200. The molecule has 1 aromatic carbocycles. The largest absolute Gasteiger partial charge is 0.426 e. The van der Waals surface area contributed by atoms with Crippen LogP contribution in [0.1, 0.15) is 17.8 Å². The third-order valence-electron chi connectivity index (χ3n) is 2.87. The Bertz CT molecular complexity index is 623. The van der Waals surface area contributed by atoms with Gasteiger partial charge in [-0.25, -0.2) is 4.39 Å². The average molecular weight is 341 g/mol.